The average Bonchev–Trinajstić information content (AvgIpc) is 3.62. The van der Waals surface area contributed by atoms with Crippen molar-refractivity contribution >= 4 is 0 Å². The molecular formula is C21H30N2O5. The molecule has 3 aliphatic rings. The van der Waals surface area contributed by atoms with Gasteiger partial charge >= 0.3 is 0 Å². The predicted molar refractivity (Wildman–Crippen MR) is 100 cm³/mol. The first-order valence-corrected chi connectivity index (χ1v) is 10.5. The Morgan fingerprint density at radius 1 is 0.893 bits per heavy atom. The van der Waals surface area contributed by atoms with Gasteiger partial charge in [-0.3, -0.25) is 0 Å². The van der Waals surface area contributed by atoms with Crippen LogP contribution in [-0.2, 0) is 35.5 Å². The number of nitrogens with zero attached hydrogens (tertiary/aromatic N) is 2. The second kappa shape index (κ2) is 9.67. The van der Waals surface area contributed by atoms with Gasteiger partial charge in [-0.15, -0.1) is 0 Å². The van der Waals surface area contributed by atoms with Crippen LogP contribution in [0.1, 0.15) is 67.9 Å². The monoisotopic (exact) mass is 390 g/mol. The zero-order valence-corrected chi connectivity index (χ0v) is 16.3. The van der Waals surface area contributed by atoms with E-state index in [0.717, 1.165) is 61.3 Å². The second-order valence-electron chi connectivity index (χ2n) is 8.13. The summed E-state index contributed by atoms with van der Waals surface area (Å²) in [6.07, 6.45) is 10.7. The molecule has 1 N–H and O–H groups in total. The summed E-state index contributed by atoms with van der Waals surface area (Å²) in [5.74, 6) is 3.05. The van der Waals surface area contributed by atoms with Crippen molar-refractivity contribution in [2.45, 2.75) is 77.3 Å². The maximum atomic E-state index is 8.67. The van der Waals surface area contributed by atoms with Crippen molar-refractivity contribution in [2.24, 2.45) is 11.8 Å². The first-order chi connectivity index (χ1) is 13.8. The van der Waals surface area contributed by atoms with Gasteiger partial charge in [0.25, 0.3) is 0 Å². The molecule has 1 saturated heterocycles. The van der Waals surface area contributed by atoms with Gasteiger partial charge in [-0.25, -0.2) is 0 Å². The van der Waals surface area contributed by atoms with E-state index >= 15 is 0 Å². The van der Waals surface area contributed by atoms with Crippen molar-refractivity contribution in [3.63, 3.8) is 0 Å². The highest BCUT2D eigenvalue weighted by Gasteiger charge is 2.24. The fourth-order valence-corrected chi connectivity index (χ4v) is 3.30. The number of rotatable bonds is 8. The SMILES string of the molecule is OCc1cc(CC2CC2)no1.c1c(CC2CC2)noc1COC1CCCCO1. The van der Waals surface area contributed by atoms with Gasteiger partial charge in [0.1, 0.15) is 13.2 Å². The Balaban J connectivity index is 0.000000151. The molecule has 3 heterocycles. The number of aromatic nitrogens is 2. The summed E-state index contributed by atoms with van der Waals surface area (Å²) in [4.78, 5) is 0. The molecule has 0 spiro atoms. The molecule has 28 heavy (non-hydrogen) atoms. The van der Waals surface area contributed by atoms with Crippen molar-refractivity contribution in [3.05, 3.63) is 35.0 Å². The summed E-state index contributed by atoms with van der Waals surface area (Å²) >= 11 is 0. The van der Waals surface area contributed by atoms with E-state index < -0.39 is 0 Å². The lowest BCUT2D eigenvalue weighted by atomic mass is 10.2. The minimum atomic E-state index is -0.0549. The van der Waals surface area contributed by atoms with E-state index in [4.69, 9.17) is 23.6 Å². The number of ether oxygens (including phenoxy) is 2. The van der Waals surface area contributed by atoms with Crippen molar-refractivity contribution in [2.75, 3.05) is 6.61 Å². The smallest absolute Gasteiger partial charge is 0.162 e. The van der Waals surface area contributed by atoms with Gasteiger partial charge in [-0.1, -0.05) is 10.3 Å². The van der Waals surface area contributed by atoms with E-state index in [2.05, 4.69) is 10.3 Å². The summed E-state index contributed by atoms with van der Waals surface area (Å²) < 4.78 is 21.2. The van der Waals surface area contributed by atoms with Crippen LogP contribution < -0.4 is 0 Å². The second-order valence-corrected chi connectivity index (χ2v) is 8.13. The van der Waals surface area contributed by atoms with Crippen LogP contribution in [0.15, 0.2) is 21.2 Å². The zero-order valence-electron chi connectivity index (χ0n) is 16.3. The van der Waals surface area contributed by atoms with E-state index in [0.29, 0.717) is 12.4 Å². The van der Waals surface area contributed by atoms with Crippen LogP contribution in [-0.4, -0.2) is 28.3 Å². The molecule has 1 aliphatic heterocycles. The van der Waals surface area contributed by atoms with E-state index in [-0.39, 0.29) is 12.9 Å². The topological polar surface area (TPSA) is 90.8 Å². The third-order valence-electron chi connectivity index (χ3n) is 5.31. The van der Waals surface area contributed by atoms with Gasteiger partial charge in [0.15, 0.2) is 17.8 Å². The molecule has 2 saturated carbocycles. The molecule has 5 rings (SSSR count). The lowest BCUT2D eigenvalue weighted by Crippen LogP contribution is -2.21. The van der Waals surface area contributed by atoms with Crippen LogP contribution in [0.3, 0.4) is 0 Å². The molecule has 1 unspecified atom stereocenters. The van der Waals surface area contributed by atoms with Crippen LogP contribution in [0.4, 0.5) is 0 Å². The zero-order chi connectivity index (χ0) is 19.2. The first kappa shape index (κ1) is 19.6. The van der Waals surface area contributed by atoms with Crippen LogP contribution in [0, 0.1) is 11.8 Å². The Morgan fingerprint density at radius 3 is 2.07 bits per heavy atom. The summed E-state index contributed by atoms with van der Waals surface area (Å²) in [7, 11) is 0. The normalized spacial score (nSPS) is 22.0. The van der Waals surface area contributed by atoms with Crippen LogP contribution in [0.25, 0.3) is 0 Å². The van der Waals surface area contributed by atoms with Crippen LogP contribution >= 0.6 is 0 Å². The molecule has 2 aromatic rings. The fraction of sp³-hybridized carbons (Fsp3) is 0.714. The Kier molecular flexibility index (Phi) is 6.77. The lowest BCUT2D eigenvalue weighted by Gasteiger charge is -2.21. The average molecular weight is 390 g/mol. The van der Waals surface area contributed by atoms with Gasteiger partial charge in [-0.2, -0.15) is 0 Å². The van der Waals surface area contributed by atoms with Gasteiger partial charge in [0.2, 0.25) is 0 Å². The van der Waals surface area contributed by atoms with E-state index in [1.54, 1.807) is 0 Å². The molecule has 7 nitrogen and oxygen atoms in total. The molecule has 2 aromatic heterocycles. The minimum Gasteiger partial charge on any atom is -0.388 e. The van der Waals surface area contributed by atoms with Crippen molar-refractivity contribution in [1.29, 1.82) is 0 Å². The maximum Gasteiger partial charge on any atom is 0.162 e. The number of aliphatic hydroxyl groups is 1. The minimum absolute atomic E-state index is 0.0440. The largest absolute Gasteiger partial charge is 0.388 e. The summed E-state index contributed by atoms with van der Waals surface area (Å²) in [5.41, 5.74) is 2.05. The predicted octanol–water partition coefficient (Wildman–Crippen LogP) is 3.79. The van der Waals surface area contributed by atoms with Crippen molar-refractivity contribution < 1.29 is 23.6 Å². The number of hydrogen-bond acceptors (Lipinski definition) is 7. The van der Waals surface area contributed by atoms with Crippen LogP contribution in [0.5, 0.6) is 0 Å². The molecule has 154 valence electrons. The van der Waals surface area contributed by atoms with Gasteiger partial charge in [-0.05, 0) is 69.6 Å². The van der Waals surface area contributed by atoms with Gasteiger partial charge < -0.3 is 23.6 Å². The molecule has 0 bridgehead atoms. The molecule has 1 atom stereocenters. The third-order valence-corrected chi connectivity index (χ3v) is 5.31. The summed E-state index contributed by atoms with van der Waals surface area (Å²) in [6.45, 7) is 1.24. The molecule has 0 amide bonds. The first-order valence-electron chi connectivity index (χ1n) is 10.5. The molecule has 3 fully saturated rings. The number of aliphatic hydroxyl groups excluding tert-OH is 1. The maximum absolute atomic E-state index is 8.67. The highest BCUT2D eigenvalue weighted by atomic mass is 16.7. The highest BCUT2D eigenvalue weighted by Crippen LogP contribution is 2.33. The van der Waals surface area contributed by atoms with Crippen molar-refractivity contribution in [1.82, 2.24) is 10.3 Å². The fourth-order valence-electron chi connectivity index (χ4n) is 3.30. The highest BCUT2D eigenvalue weighted by molar-refractivity contribution is 5.07. The molecule has 0 aromatic carbocycles. The standard InChI is InChI=1S/C13H19NO3.C8H11NO2/c1-2-6-15-13(3-1)16-9-12-8-11(14-17-12)7-10-4-5-10;10-5-8-4-7(9-11-8)3-6-1-2-6/h8,10,13H,1-7,9H2;4,6,10H,1-3,5H2. The summed E-state index contributed by atoms with van der Waals surface area (Å²) in [5, 5.41) is 16.6. The van der Waals surface area contributed by atoms with Gasteiger partial charge in [0.05, 0.1) is 11.4 Å². The van der Waals surface area contributed by atoms with Gasteiger partial charge in [0, 0.05) is 18.7 Å². The quantitative estimate of drug-likeness (QED) is 0.733. The van der Waals surface area contributed by atoms with E-state index in [9.17, 15) is 0 Å². The lowest BCUT2D eigenvalue weighted by molar-refractivity contribution is -0.171. The van der Waals surface area contributed by atoms with E-state index in [1.165, 1.54) is 32.1 Å². The van der Waals surface area contributed by atoms with E-state index in [1.807, 2.05) is 12.1 Å². The molecular weight excluding hydrogens is 360 g/mol. The Hall–Kier alpha value is -1.70. The molecule has 0 radical (unpaired) electrons. The Bertz CT molecular complexity index is 714. The molecule has 2 aliphatic carbocycles. The Labute approximate surface area is 165 Å². The number of hydrogen-bond donors (Lipinski definition) is 1. The van der Waals surface area contributed by atoms with Crippen molar-refractivity contribution in [3.8, 4) is 0 Å². The van der Waals surface area contributed by atoms with Crippen LogP contribution in [0.2, 0.25) is 0 Å². The third kappa shape index (κ3) is 6.43. The summed E-state index contributed by atoms with van der Waals surface area (Å²) in [6, 6.07) is 3.85. The Morgan fingerprint density at radius 2 is 1.54 bits per heavy atom. The molecule has 7 heteroatoms.